The molecule has 0 unspecified atom stereocenters. The van der Waals surface area contributed by atoms with E-state index in [0.29, 0.717) is 12.3 Å². The molecule has 6 heteroatoms. The fraction of sp³-hybridized carbons (Fsp3) is 0.0370. The number of carbonyl (C=O) groups excluding carboxylic acids is 1. The number of carbonyl (C=O) groups is 1. The van der Waals surface area contributed by atoms with E-state index in [1.165, 1.54) is 10.8 Å². The number of benzene rings is 4. The Bertz CT molecular complexity index is 1390. The van der Waals surface area contributed by atoms with Crippen molar-refractivity contribution in [2.24, 2.45) is 0 Å². The van der Waals surface area contributed by atoms with E-state index in [4.69, 9.17) is 4.74 Å². The molecule has 0 heterocycles. The largest absolute Gasteiger partial charge is 0.488 e. The first-order chi connectivity index (χ1) is 16.0. The number of hydrogen-bond acceptors (Lipinski definition) is 3. The molecular weight excluding hydrogens is 591 g/mol. The zero-order chi connectivity index (χ0) is 23.2. The predicted molar refractivity (Wildman–Crippen MR) is 144 cm³/mol. The first-order valence-electron chi connectivity index (χ1n) is 10.1. The van der Waals surface area contributed by atoms with Crippen molar-refractivity contribution in [1.29, 1.82) is 5.26 Å². The number of nitrogens with zero attached hydrogens (tertiary/aromatic N) is 1. The van der Waals surface area contributed by atoms with E-state index >= 15 is 0 Å². The van der Waals surface area contributed by atoms with Crippen molar-refractivity contribution in [2.45, 2.75) is 6.61 Å². The summed E-state index contributed by atoms with van der Waals surface area (Å²) in [5.41, 5.74) is 2.51. The molecule has 0 bridgehead atoms. The topological polar surface area (TPSA) is 62.1 Å². The summed E-state index contributed by atoms with van der Waals surface area (Å²) in [4.78, 5) is 12.5. The Morgan fingerprint density at radius 1 is 1.03 bits per heavy atom. The summed E-state index contributed by atoms with van der Waals surface area (Å²) >= 11 is 5.56. The number of fused-ring (bicyclic) bond motifs is 1. The van der Waals surface area contributed by atoms with Gasteiger partial charge in [0.15, 0.2) is 0 Å². The minimum absolute atomic E-state index is 0.0261. The van der Waals surface area contributed by atoms with Crippen LogP contribution >= 0.6 is 38.5 Å². The van der Waals surface area contributed by atoms with Crippen molar-refractivity contribution in [3.63, 3.8) is 0 Å². The molecule has 0 atom stereocenters. The summed E-state index contributed by atoms with van der Waals surface area (Å²) in [5, 5.41) is 14.6. The smallest absolute Gasteiger partial charge is 0.266 e. The van der Waals surface area contributed by atoms with E-state index in [2.05, 4.69) is 68.1 Å². The normalized spacial score (nSPS) is 11.1. The summed E-state index contributed by atoms with van der Waals surface area (Å²) in [6.07, 6.45) is 1.57. The Morgan fingerprint density at radius 2 is 1.79 bits per heavy atom. The van der Waals surface area contributed by atoms with Crippen molar-refractivity contribution in [3.8, 4) is 11.8 Å². The van der Waals surface area contributed by atoms with E-state index in [-0.39, 0.29) is 5.57 Å². The molecular formula is C27H18BrIN2O2. The van der Waals surface area contributed by atoms with Gasteiger partial charge in [0.25, 0.3) is 5.91 Å². The zero-order valence-electron chi connectivity index (χ0n) is 17.4. The van der Waals surface area contributed by atoms with Gasteiger partial charge in [-0.1, -0.05) is 64.5 Å². The van der Waals surface area contributed by atoms with Crippen LogP contribution in [0.2, 0.25) is 0 Å². The first kappa shape index (κ1) is 23.0. The van der Waals surface area contributed by atoms with Gasteiger partial charge in [0.2, 0.25) is 0 Å². The molecule has 1 N–H and O–H groups in total. The molecule has 0 fully saturated rings. The van der Waals surface area contributed by atoms with Crippen molar-refractivity contribution in [2.75, 3.05) is 5.32 Å². The molecule has 4 rings (SSSR count). The number of ether oxygens (including phenoxy) is 1. The molecule has 4 aromatic rings. The number of hydrogen-bond donors (Lipinski definition) is 1. The first-order valence-corrected chi connectivity index (χ1v) is 12.0. The maximum atomic E-state index is 12.5. The van der Waals surface area contributed by atoms with Gasteiger partial charge in [0.1, 0.15) is 24.0 Å². The molecule has 0 aliphatic carbocycles. The van der Waals surface area contributed by atoms with Crippen molar-refractivity contribution >= 4 is 67.0 Å². The Morgan fingerprint density at radius 3 is 2.55 bits per heavy atom. The second-order valence-corrected chi connectivity index (χ2v) is 9.33. The molecule has 4 nitrogen and oxygen atoms in total. The molecule has 0 saturated heterocycles. The Labute approximate surface area is 214 Å². The van der Waals surface area contributed by atoms with Crippen LogP contribution < -0.4 is 10.1 Å². The molecule has 0 aliphatic rings. The number of nitrogens with one attached hydrogen (secondary N) is 1. The van der Waals surface area contributed by atoms with Gasteiger partial charge in [0.05, 0.1) is 3.57 Å². The third-order valence-electron chi connectivity index (χ3n) is 5.00. The van der Waals surface area contributed by atoms with Crippen LogP contribution in [0.15, 0.2) is 95.0 Å². The van der Waals surface area contributed by atoms with Gasteiger partial charge in [-0.15, -0.1) is 0 Å². The van der Waals surface area contributed by atoms with Crippen LogP contribution in [0.5, 0.6) is 5.75 Å². The monoisotopic (exact) mass is 608 g/mol. The van der Waals surface area contributed by atoms with Gasteiger partial charge in [-0.25, -0.2) is 0 Å². The molecule has 1 amide bonds. The van der Waals surface area contributed by atoms with Crippen LogP contribution in [0.3, 0.4) is 0 Å². The lowest BCUT2D eigenvalue weighted by Gasteiger charge is -2.11. The van der Waals surface area contributed by atoms with E-state index in [9.17, 15) is 10.1 Å². The Balaban J connectivity index is 1.48. The SMILES string of the molecule is N#C/C(=C/c1ccc(OCc2cccc3ccccc23)c(I)c1)C(=O)Nc1ccc(Br)cc1. The minimum Gasteiger partial charge on any atom is -0.488 e. The molecule has 0 radical (unpaired) electrons. The molecule has 4 aromatic carbocycles. The molecule has 162 valence electrons. The molecule has 33 heavy (non-hydrogen) atoms. The van der Waals surface area contributed by atoms with Gasteiger partial charge in [0, 0.05) is 10.2 Å². The molecule has 0 aliphatic heterocycles. The lowest BCUT2D eigenvalue weighted by molar-refractivity contribution is -0.112. The average Bonchev–Trinajstić information content (AvgIpc) is 2.83. The van der Waals surface area contributed by atoms with Gasteiger partial charge in [-0.05, 0) is 87.0 Å². The minimum atomic E-state index is -0.453. The van der Waals surface area contributed by atoms with E-state index in [1.807, 2.05) is 54.6 Å². The number of rotatable bonds is 6. The second-order valence-electron chi connectivity index (χ2n) is 7.25. The number of halogens is 2. The van der Waals surface area contributed by atoms with E-state index in [1.54, 1.807) is 18.2 Å². The molecule has 0 spiro atoms. The lowest BCUT2D eigenvalue weighted by atomic mass is 10.1. The fourth-order valence-electron chi connectivity index (χ4n) is 3.34. The number of anilines is 1. The summed E-state index contributed by atoms with van der Waals surface area (Å²) in [6, 6.07) is 29.2. The number of nitriles is 1. The van der Waals surface area contributed by atoms with Gasteiger partial charge in [-0.3, -0.25) is 4.79 Å². The summed E-state index contributed by atoms with van der Waals surface area (Å²) in [5.74, 6) is 0.296. The van der Waals surface area contributed by atoms with Crippen LogP contribution in [0.4, 0.5) is 5.69 Å². The van der Waals surface area contributed by atoms with Crippen LogP contribution in [-0.2, 0) is 11.4 Å². The third-order valence-corrected chi connectivity index (χ3v) is 6.37. The Kier molecular flexibility index (Phi) is 7.43. The van der Waals surface area contributed by atoms with Crippen LogP contribution in [0.25, 0.3) is 16.8 Å². The van der Waals surface area contributed by atoms with Gasteiger partial charge >= 0.3 is 0 Å². The second kappa shape index (κ2) is 10.6. The zero-order valence-corrected chi connectivity index (χ0v) is 21.1. The Hall–Kier alpha value is -3.15. The third kappa shape index (κ3) is 5.81. The quantitative estimate of drug-likeness (QED) is 0.142. The summed E-state index contributed by atoms with van der Waals surface area (Å²) in [7, 11) is 0. The standard InChI is InChI=1S/C27H18BrIN2O2/c28-22-9-11-23(12-10-22)31-27(32)21(16-30)14-18-8-13-26(25(29)15-18)33-17-20-6-3-5-19-4-1-2-7-24(19)20/h1-15H,17H2,(H,31,32)/b21-14-. The molecule has 0 saturated carbocycles. The van der Waals surface area contributed by atoms with Crippen molar-refractivity contribution in [3.05, 3.63) is 110 Å². The van der Waals surface area contributed by atoms with Gasteiger partial charge in [-0.2, -0.15) is 5.26 Å². The van der Waals surface area contributed by atoms with Crippen LogP contribution in [-0.4, -0.2) is 5.91 Å². The lowest BCUT2D eigenvalue weighted by Crippen LogP contribution is -2.13. The van der Waals surface area contributed by atoms with E-state index in [0.717, 1.165) is 24.9 Å². The highest BCUT2D eigenvalue weighted by Gasteiger charge is 2.11. The highest BCUT2D eigenvalue weighted by molar-refractivity contribution is 14.1. The summed E-state index contributed by atoms with van der Waals surface area (Å²) in [6.45, 7) is 0.450. The van der Waals surface area contributed by atoms with Gasteiger partial charge < -0.3 is 10.1 Å². The highest BCUT2D eigenvalue weighted by Crippen LogP contribution is 2.26. The maximum Gasteiger partial charge on any atom is 0.266 e. The van der Waals surface area contributed by atoms with E-state index < -0.39 is 5.91 Å². The van der Waals surface area contributed by atoms with Crippen LogP contribution in [0, 0.1) is 14.9 Å². The van der Waals surface area contributed by atoms with Crippen LogP contribution in [0.1, 0.15) is 11.1 Å². The van der Waals surface area contributed by atoms with Crippen molar-refractivity contribution < 1.29 is 9.53 Å². The average molecular weight is 609 g/mol. The van der Waals surface area contributed by atoms with Crippen molar-refractivity contribution in [1.82, 2.24) is 0 Å². The maximum absolute atomic E-state index is 12.5. The fourth-order valence-corrected chi connectivity index (χ4v) is 4.30. The predicted octanol–water partition coefficient (Wildman–Crippen LogP) is 7.33. The highest BCUT2D eigenvalue weighted by atomic mass is 127. The number of amides is 1. The molecule has 0 aromatic heterocycles. The summed E-state index contributed by atoms with van der Waals surface area (Å²) < 4.78 is 7.88.